The highest BCUT2D eigenvalue weighted by molar-refractivity contribution is 5.23. The fraction of sp³-hybridized carbons (Fsp3) is 0.429. The van der Waals surface area contributed by atoms with Gasteiger partial charge in [-0.15, -0.1) is 6.58 Å². The van der Waals surface area contributed by atoms with Gasteiger partial charge in [-0.2, -0.15) is 0 Å². The zero-order chi connectivity index (χ0) is 11.1. The topological polar surface area (TPSA) is 20.2 Å². The lowest BCUT2D eigenvalue weighted by atomic mass is 9.86. The van der Waals surface area contributed by atoms with E-state index >= 15 is 0 Å². The van der Waals surface area contributed by atoms with Crippen molar-refractivity contribution >= 4 is 0 Å². The van der Waals surface area contributed by atoms with Crippen LogP contribution in [0.5, 0.6) is 0 Å². The molecular weight excluding hydrogens is 184 g/mol. The van der Waals surface area contributed by atoms with E-state index in [1.54, 1.807) is 6.08 Å². The molecule has 1 aromatic carbocycles. The Labute approximate surface area is 92.5 Å². The maximum Gasteiger partial charge on any atom is 0.0930 e. The number of aliphatic hydroxyl groups is 1. The minimum atomic E-state index is -0.723. The van der Waals surface area contributed by atoms with Gasteiger partial charge in [0.25, 0.3) is 0 Å². The standard InChI is InChI=1S/C14H20O/c1-3-5-12-14(15,11-4-2)13-9-7-6-8-10-13/h4,6-10,15H,2-3,5,11-12H2,1H3. The van der Waals surface area contributed by atoms with Crippen molar-refractivity contribution in [2.24, 2.45) is 0 Å². The van der Waals surface area contributed by atoms with Gasteiger partial charge in [-0.3, -0.25) is 0 Å². The molecule has 1 nitrogen and oxygen atoms in total. The monoisotopic (exact) mass is 204 g/mol. The molecule has 1 N–H and O–H groups in total. The van der Waals surface area contributed by atoms with Crippen molar-refractivity contribution < 1.29 is 5.11 Å². The van der Waals surface area contributed by atoms with Gasteiger partial charge >= 0.3 is 0 Å². The molecule has 1 unspecified atom stereocenters. The van der Waals surface area contributed by atoms with Gasteiger partial charge in [0.15, 0.2) is 0 Å². The molecule has 0 aromatic heterocycles. The molecule has 1 atom stereocenters. The van der Waals surface area contributed by atoms with E-state index < -0.39 is 5.60 Å². The minimum absolute atomic E-state index is 0.622. The summed E-state index contributed by atoms with van der Waals surface area (Å²) in [6.45, 7) is 5.86. The first-order chi connectivity index (χ1) is 7.23. The van der Waals surface area contributed by atoms with Crippen molar-refractivity contribution in [3.05, 3.63) is 48.6 Å². The van der Waals surface area contributed by atoms with E-state index in [2.05, 4.69) is 13.5 Å². The number of unbranched alkanes of at least 4 members (excludes halogenated alkanes) is 1. The van der Waals surface area contributed by atoms with Crippen molar-refractivity contribution in [1.29, 1.82) is 0 Å². The lowest BCUT2D eigenvalue weighted by Gasteiger charge is -2.27. The van der Waals surface area contributed by atoms with Crippen LogP contribution in [0.3, 0.4) is 0 Å². The molecule has 0 aliphatic heterocycles. The maximum atomic E-state index is 10.5. The number of hydrogen-bond acceptors (Lipinski definition) is 1. The third-order valence-electron chi connectivity index (χ3n) is 2.74. The van der Waals surface area contributed by atoms with Crippen LogP contribution in [-0.4, -0.2) is 5.11 Å². The van der Waals surface area contributed by atoms with E-state index in [-0.39, 0.29) is 0 Å². The molecule has 82 valence electrons. The summed E-state index contributed by atoms with van der Waals surface area (Å²) in [5.74, 6) is 0. The van der Waals surface area contributed by atoms with Gasteiger partial charge in [0.1, 0.15) is 0 Å². The Morgan fingerprint density at radius 1 is 1.33 bits per heavy atom. The lowest BCUT2D eigenvalue weighted by Crippen LogP contribution is -2.24. The molecule has 0 heterocycles. The minimum Gasteiger partial charge on any atom is -0.385 e. The molecule has 0 radical (unpaired) electrons. The van der Waals surface area contributed by atoms with Crippen LogP contribution in [0.1, 0.15) is 38.2 Å². The van der Waals surface area contributed by atoms with Crippen LogP contribution in [0, 0.1) is 0 Å². The summed E-state index contributed by atoms with van der Waals surface area (Å²) < 4.78 is 0. The highest BCUT2D eigenvalue weighted by Gasteiger charge is 2.26. The maximum absolute atomic E-state index is 10.5. The fourth-order valence-corrected chi connectivity index (χ4v) is 1.82. The summed E-state index contributed by atoms with van der Waals surface area (Å²) in [6.07, 6.45) is 5.37. The number of hydrogen-bond donors (Lipinski definition) is 1. The molecule has 0 spiro atoms. The third kappa shape index (κ3) is 3.21. The van der Waals surface area contributed by atoms with Crippen LogP contribution in [0.4, 0.5) is 0 Å². The molecule has 0 saturated heterocycles. The largest absolute Gasteiger partial charge is 0.385 e. The van der Waals surface area contributed by atoms with Crippen LogP contribution in [-0.2, 0) is 5.60 Å². The Balaban J connectivity index is 2.85. The van der Waals surface area contributed by atoms with Gasteiger partial charge in [-0.05, 0) is 18.4 Å². The predicted octanol–water partition coefficient (Wildman–Crippen LogP) is 3.64. The van der Waals surface area contributed by atoms with Gasteiger partial charge in [-0.1, -0.05) is 56.2 Å². The van der Waals surface area contributed by atoms with Crippen molar-refractivity contribution in [2.75, 3.05) is 0 Å². The van der Waals surface area contributed by atoms with Crippen molar-refractivity contribution in [3.63, 3.8) is 0 Å². The Kier molecular flexibility index (Phi) is 4.57. The van der Waals surface area contributed by atoms with Gasteiger partial charge in [0, 0.05) is 0 Å². The molecule has 0 aliphatic carbocycles. The summed E-state index contributed by atoms with van der Waals surface area (Å²) in [7, 11) is 0. The van der Waals surface area contributed by atoms with E-state index in [0.717, 1.165) is 24.8 Å². The van der Waals surface area contributed by atoms with Crippen LogP contribution in [0.15, 0.2) is 43.0 Å². The van der Waals surface area contributed by atoms with Crippen LogP contribution >= 0.6 is 0 Å². The first kappa shape index (κ1) is 12.0. The second kappa shape index (κ2) is 5.72. The normalized spacial score (nSPS) is 14.5. The van der Waals surface area contributed by atoms with Gasteiger partial charge in [0.05, 0.1) is 5.60 Å². The molecule has 0 fully saturated rings. The Bertz CT molecular complexity index is 291. The Hall–Kier alpha value is -1.08. The zero-order valence-corrected chi connectivity index (χ0v) is 9.45. The second-order valence-electron chi connectivity index (χ2n) is 3.99. The molecule has 0 amide bonds. The number of rotatable bonds is 6. The smallest absolute Gasteiger partial charge is 0.0930 e. The van der Waals surface area contributed by atoms with Gasteiger partial charge < -0.3 is 5.11 Å². The third-order valence-corrected chi connectivity index (χ3v) is 2.74. The first-order valence-electron chi connectivity index (χ1n) is 5.62. The molecule has 0 saturated carbocycles. The molecule has 1 aromatic rings. The quantitative estimate of drug-likeness (QED) is 0.701. The van der Waals surface area contributed by atoms with E-state index in [1.165, 1.54) is 0 Å². The van der Waals surface area contributed by atoms with Crippen LogP contribution < -0.4 is 0 Å². The summed E-state index contributed by atoms with van der Waals surface area (Å²) in [5.41, 5.74) is 0.275. The Morgan fingerprint density at radius 2 is 2.00 bits per heavy atom. The average molecular weight is 204 g/mol. The molecule has 1 heteroatoms. The van der Waals surface area contributed by atoms with Crippen molar-refractivity contribution in [3.8, 4) is 0 Å². The predicted molar refractivity (Wildman–Crippen MR) is 64.7 cm³/mol. The van der Waals surface area contributed by atoms with Crippen molar-refractivity contribution in [1.82, 2.24) is 0 Å². The summed E-state index contributed by atoms with van der Waals surface area (Å²) in [5, 5.41) is 10.5. The fourth-order valence-electron chi connectivity index (χ4n) is 1.82. The number of benzene rings is 1. The van der Waals surface area contributed by atoms with E-state index in [1.807, 2.05) is 30.3 Å². The molecule has 0 bridgehead atoms. The average Bonchev–Trinajstić information content (AvgIpc) is 2.28. The van der Waals surface area contributed by atoms with E-state index in [9.17, 15) is 5.11 Å². The molecule has 0 aliphatic rings. The summed E-state index contributed by atoms with van der Waals surface area (Å²) in [6, 6.07) is 9.88. The van der Waals surface area contributed by atoms with E-state index in [0.29, 0.717) is 6.42 Å². The highest BCUT2D eigenvalue weighted by atomic mass is 16.3. The Morgan fingerprint density at radius 3 is 2.53 bits per heavy atom. The highest BCUT2D eigenvalue weighted by Crippen LogP contribution is 2.30. The van der Waals surface area contributed by atoms with E-state index in [4.69, 9.17) is 0 Å². The van der Waals surface area contributed by atoms with Gasteiger partial charge in [0.2, 0.25) is 0 Å². The zero-order valence-electron chi connectivity index (χ0n) is 9.45. The SMILES string of the molecule is C=CCC(O)(CCCC)c1ccccc1. The molecular formula is C14H20O. The summed E-state index contributed by atoms with van der Waals surface area (Å²) >= 11 is 0. The molecule has 1 rings (SSSR count). The van der Waals surface area contributed by atoms with Crippen molar-refractivity contribution in [2.45, 2.75) is 38.2 Å². The first-order valence-corrected chi connectivity index (χ1v) is 5.62. The summed E-state index contributed by atoms with van der Waals surface area (Å²) in [4.78, 5) is 0. The van der Waals surface area contributed by atoms with Crippen LogP contribution in [0.2, 0.25) is 0 Å². The second-order valence-corrected chi connectivity index (χ2v) is 3.99. The lowest BCUT2D eigenvalue weighted by molar-refractivity contribution is 0.0282. The van der Waals surface area contributed by atoms with Gasteiger partial charge in [-0.25, -0.2) is 0 Å². The molecule has 15 heavy (non-hydrogen) atoms. The van der Waals surface area contributed by atoms with Crippen LogP contribution in [0.25, 0.3) is 0 Å².